The quantitative estimate of drug-likeness (QED) is 0.621. The summed E-state index contributed by atoms with van der Waals surface area (Å²) in [5.41, 5.74) is 2.10. The molecule has 23 heavy (non-hydrogen) atoms. The van der Waals surface area contributed by atoms with Crippen LogP contribution in [0.15, 0.2) is 53.9 Å². The first-order chi connectivity index (χ1) is 11.1. The Morgan fingerprint density at radius 1 is 1.04 bits per heavy atom. The molecule has 3 aromatic rings. The zero-order valence-electron chi connectivity index (χ0n) is 11.7. The summed E-state index contributed by atoms with van der Waals surface area (Å²) in [6.07, 6.45) is 0. The number of amides is 2. The monoisotopic (exact) mass is 363 g/mol. The number of nitrogens with one attached hydrogen (secondary N) is 2. The van der Waals surface area contributed by atoms with Crippen molar-refractivity contribution in [3.8, 4) is 11.3 Å². The average Bonchev–Trinajstić information content (AvgIpc) is 2.98. The molecule has 0 unspecified atom stereocenters. The number of carbonyl (C=O) groups excluding carboxylic acids is 1. The Kier molecular flexibility index (Phi) is 4.81. The second-order valence-corrected chi connectivity index (χ2v) is 6.31. The molecular weight excluding hydrogens is 353 g/mol. The molecule has 0 radical (unpaired) electrons. The Hall–Kier alpha value is -2.08. The lowest BCUT2D eigenvalue weighted by Crippen LogP contribution is -2.19. The van der Waals surface area contributed by atoms with E-state index in [0.717, 1.165) is 5.56 Å². The topological polar surface area (TPSA) is 54.0 Å². The molecule has 2 aromatic carbocycles. The van der Waals surface area contributed by atoms with Crippen molar-refractivity contribution >= 4 is 51.4 Å². The lowest BCUT2D eigenvalue weighted by atomic mass is 10.2. The molecule has 0 saturated heterocycles. The molecule has 2 N–H and O–H groups in total. The zero-order valence-corrected chi connectivity index (χ0v) is 14.0. The lowest BCUT2D eigenvalue weighted by Gasteiger charge is -2.05. The molecule has 0 fully saturated rings. The van der Waals surface area contributed by atoms with E-state index in [1.54, 1.807) is 30.3 Å². The largest absolute Gasteiger partial charge is 0.325 e. The first-order valence-electron chi connectivity index (χ1n) is 6.66. The molecule has 0 aliphatic heterocycles. The number of carbonyl (C=O) groups is 1. The molecule has 2 amide bonds. The van der Waals surface area contributed by atoms with Gasteiger partial charge in [0, 0.05) is 21.7 Å². The van der Waals surface area contributed by atoms with E-state index in [0.29, 0.717) is 26.6 Å². The second-order valence-electron chi connectivity index (χ2n) is 4.61. The second kappa shape index (κ2) is 7.00. The zero-order chi connectivity index (χ0) is 16.2. The van der Waals surface area contributed by atoms with E-state index >= 15 is 0 Å². The normalized spacial score (nSPS) is 10.3. The Morgan fingerprint density at radius 2 is 1.83 bits per heavy atom. The first-order valence-corrected chi connectivity index (χ1v) is 8.29. The third-order valence-electron chi connectivity index (χ3n) is 2.96. The third-order valence-corrected chi connectivity index (χ3v) is 4.28. The van der Waals surface area contributed by atoms with Crippen molar-refractivity contribution in [3.63, 3.8) is 0 Å². The van der Waals surface area contributed by atoms with Crippen molar-refractivity contribution in [2.75, 3.05) is 10.6 Å². The summed E-state index contributed by atoms with van der Waals surface area (Å²) in [6, 6.07) is 14.0. The van der Waals surface area contributed by atoms with E-state index in [-0.39, 0.29) is 6.03 Å². The fraction of sp³-hybridized carbons (Fsp3) is 0. The minimum absolute atomic E-state index is 0.353. The molecule has 4 nitrogen and oxygen atoms in total. The van der Waals surface area contributed by atoms with Gasteiger partial charge in [-0.15, -0.1) is 11.3 Å². The molecule has 0 aliphatic rings. The average molecular weight is 364 g/mol. The minimum atomic E-state index is -0.353. The van der Waals surface area contributed by atoms with Crippen LogP contribution in [0.2, 0.25) is 10.0 Å². The summed E-state index contributed by atoms with van der Waals surface area (Å²) < 4.78 is 0. The molecular formula is C16H11Cl2N3OS. The van der Waals surface area contributed by atoms with Gasteiger partial charge in [-0.05, 0) is 30.3 Å². The fourth-order valence-electron chi connectivity index (χ4n) is 1.93. The van der Waals surface area contributed by atoms with Crippen LogP contribution in [0.25, 0.3) is 11.3 Å². The molecule has 116 valence electrons. The summed E-state index contributed by atoms with van der Waals surface area (Å²) in [5.74, 6) is 0. The summed E-state index contributed by atoms with van der Waals surface area (Å²) in [6.45, 7) is 0. The molecule has 0 bridgehead atoms. The molecule has 3 rings (SSSR count). The standard InChI is InChI=1S/C16H11Cl2N3OS/c17-10-6-7-13(18)12(8-10)14-9-23-16(20-14)21-15(22)19-11-4-2-1-3-5-11/h1-9H,(H2,19,20,21,22). The number of thiazole rings is 1. The highest BCUT2D eigenvalue weighted by molar-refractivity contribution is 7.14. The van der Waals surface area contributed by atoms with E-state index in [2.05, 4.69) is 15.6 Å². The predicted octanol–water partition coefficient (Wildman–Crippen LogP) is 5.76. The predicted molar refractivity (Wildman–Crippen MR) is 96.7 cm³/mol. The number of hydrogen-bond acceptors (Lipinski definition) is 3. The van der Waals surface area contributed by atoms with E-state index in [4.69, 9.17) is 23.2 Å². The Bertz CT molecular complexity index is 836. The molecule has 0 saturated carbocycles. The van der Waals surface area contributed by atoms with Crippen LogP contribution < -0.4 is 10.6 Å². The number of para-hydroxylation sites is 1. The summed E-state index contributed by atoms with van der Waals surface area (Å²) in [5, 5.41) is 8.85. The fourth-order valence-corrected chi connectivity index (χ4v) is 3.02. The molecule has 0 spiro atoms. The van der Waals surface area contributed by atoms with E-state index in [1.165, 1.54) is 11.3 Å². The maximum Gasteiger partial charge on any atom is 0.325 e. The van der Waals surface area contributed by atoms with Crippen LogP contribution in [0.5, 0.6) is 0 Å². The summed E-state index contributed by atoms with van der Waals surface area (Å²) in [7, 11) is 0. The number of halogens is 2. The molecule has 0 atom stereocenters. The highest BCUT2D eigenvalue weighted by Gasteiger charge is 2.11. The van der Waals surface area contributed by atoms with Crippen LogP contribution in [0.3, 0.4) is 0 Å². The summed E-state index contributed by atoms with van der Waals surface area (Å²) in [4.78, 5) is 16.3. The SMILES string of the molecule is O=C(Nc1ccccc1)Nc1nc(-c2cc(Cl)ccc2Cl)cs1. The van der Waals surface area contributed by atoms with Gasteiger partial charge in [0.1, 0.15) is 0 Å². The molecule has 0 aliphatic carbocycles. The van der Waals surface area contributed by atoms with Gasteiger partial charge in [-0.3, -0.25) is 5.32 Å². The number of nitrogens with zero attached hydrogens (tertiary/aromatic N) is 1. The molecule has 1 aromatic heterocycles. The smallest absolute Gasteiger partial charge is 0.308 e. The van der Waals surface area contributed by atoms with Crippen LogP contribution in [0.4, 0.5) is 15.6 Å². The number of aromatic nitrogens is 1. The number of hydrogen-bond donors (Lipinski definition) is 2. The Morgan fingerprint density at radius 3 is 2.61 bits per heavy atom. The number of benzene rings is 2. The Balaban J connectivity index is 1.72. The molecule has 1 heterocycles. The Labute approximate surface area is 147 Å². The van der Waals surface area contributed by atoms with Crippen LogP contribution >= 0.6 is 34.5 Å². The van der Waals surface area contributed by atoms with Gasteiger partial charge in [-0.1, -0.05) is 41.4 Å². The number of rotatable bonds is 3. The highest BCUT2D eigenvalue weighted by atomic mass is 35.5. The van der Waals surface area contributed by atoms with Crippen molar-refractivity contribution in [2.45, 2.75) is 0 Å². The maximum absolute atomic E-state index is 11.9. The van der Waals surface area contributed by atoms with Gasteiger partial charge >= 0.3 is 6.03 Å². The lowest BCUT2D eigenvalue weighted by molar-refractivity contribution is 0.262. The number of anilines is 2. The van der Waals surface area contributed by atoms with Gasteiger partial charge in [0.15, 0.2) is 5.13 Å². The van der Waals surface area contributed by atoms with Crippen molar-refractivity contribution < 1.29 is 4.79 Å². The molecule has 7 heteroatoms. The summed E-state index contributed by atoms with van der Waals surface area (Å²) >= 11 is 13.5. The van der Waals surface area contributed by atoms with Gasteiger partial charge in [0.2, 0.25) is 0 Å². The van der Waals surface area contributed by atoms with E-state index in [1.807, 2.05) is 23.6 Å². The highest BCUT2D eigenvalue weighted by Crippen LogP contribution is 2.32. The van der Waals surface area contributed by atoms with Crippen molar-refractivity contribution in [2.24, 2.45) is 0 Å². The van der Waals surface area contributed by atoms with Crippen LogP contribution in [-0.4, -0.2) is 11.0 Å². The van der Waals surface area contributed by atoms with Gasteiger partial charge in [0.05, 0.1) is 10.7 Å². The van der Waals surface area contributed by atoms with Gasteiger partial charge < -0.3 is 5.32 Å². The van der Waals surface area contributed by atoms with Gasteiger partial charge in [-0.25, -0.2) is 9.78 Å². The third kappa shape index (κ3) is 4.01. The van der Waals surface area contributed by atoms with Crippen LogP contribution in [-0.2, 0) is 0 Å². The minimum Gasteiger partial charge on any atom is -0.308 e. The van der Waals surface area contributed by atoms with Crippen molar-refractivity contribution in [1.82, 2.24) is 4.98 Å². The first kappa shape index (κ1) is 15.8. The van der Waals surface area contributed by atoms with E-state index in [9.17, 15) is 4.79 Å². The van der Waals surface area contributed by atoms with Crippen LogP contribution in [0.1, 0.15) is 0 Å². The van der Waals surface area contributed by atoms with Crippen LogP contribution in [0, 0.1) is 0 Å². The maximum atomic E-state index is 11.9. The van der Waals surface area contributed by atoms with Gasteiger partial charge in [-0.2, -0.15) is 0 Å². The van der Waals surface area contributed by atoms with E-state index < -0.39 is 0 Å². The number of urea groups is 1. The van der Waals surface area contributed by atoms with Gasteiger partial charge in [0.25, 0.3) is 0 Å². The van der Waals surface area contributed by atoms with Crippen molar-refractivity contribution in [3.05, 3.63) is 64.0 Å². The van der Waals surface area contributed by atoms with Crippen molar-refractivity contribution in [1.29, 1.82) is 0 Å².